The maximum atomic E-state index is 11.6. The number of aromatic hydroxyl groups is 1. The topological polar surface area (TPSA) is 49.8 Å². The van der Waals surface area contributed by atoms with Crippen molar-refractivity contribution in [3.8, 4) is 11.5 Å². The van der Waals surface area contributed by atoms with Gasteiger partial charge in [0.15, 0.2) is 5.75 Å². The van der Waals surface area contributed by atoms with Gasteiger partial charge >= 0.3 is 0 Å². The summed E-state index contributed by atoms with van der Waals surface area (Å²) >= 11 is 12.8. The molecular weight excluding hydrogens is 361 g/mol. The summed E-state index contributed by atoms with van der Waals surface area (Å²) in [5.41, 5.74) is 2.78. The van der Waals surface area contributed by atoms with Gasteiger partial charge in [-0.1, -0.05) is 29.3 Å². The van der Waals surface area contributed by atoms with Crippen molar-refractivity contribution in [2.75, 3.05) is 6.54 Å². The van der Waals surface area contributed by atoms with Crippen molar-refractivity contribution < 1.29 is 14.6 Å². The van der Waals surface area contributed by atoms with Gasteiger partial charge in [-0.3, -0.25) is 4.79 Å². The molecule has 3 rings (SSSR count). The average Bonchev–Trinajstić information content (AvgIpc) is 2.56. The Kier molecular flexibility index (Phi) is 5.11. The Morgan fingerprint density at radius 1 is 1.24 bits per heavy atom. The van der Waals surface area contributed by atoms with Crippen LogP contribution in [0.5, 0.6) is 11.5 Å². The highest BCUT2D eigenvalue weighted by Gasteiger charge is 2.29. The van der Waals surface area contributed by atoms with E-state index in [1.54, 1.807) is 29.2 Å². The van der Waals surface area contributed by atoms with Crippen LogP contribution in [0, 0.1) is 0 Å². The van der Waals surface area contributed by atoms with Gasteiger partial charge in [-0.15, -0.1) is 0 Å². The number of rotatable bonds is 4. The summed E-state index contributed by atoms with van der Waals surface area (Å²) in [6.45, 7) is 4.36. The largest absolute Gasteiger partial charge is 0.508 e. The number of ether oxygens (including phenoxy) is 1. The molecule has 1 N–H and O–H groups in total. The summed E-state index contributed by atoms with van der Waals surface area (Å²) in [7, 11) is 0. The van der Waals surface area contributed by atoms with Gasteiger partial charge < -0.3 is 14.7 Å². The highest BCUT2D eigenvalue weighted by molar-refractivity contribution is 6.37. The maximum Gasteiger partial charge on any atom is 0.210 e. The van der Waals surface area contributed by atoms with Crippen molar-refractivity contribution in [3.63, 3.8) is 0 Å². The Labute approximate surface area is 156 Å². The van der Waals surface area contributed by atoms with Crippen LogP contribution in [0.25, 0.3) is 0 Å². The van der Waals surface area contributed by atoms with E-state index in [0.29, 0.717) is 28.8 Å². The van der Waals surface area contributed by atoms with Gasteiger partial charge in [-0.05, 0) is 61.2 Å². The third kappa shape index (κ3) is 3.55. The number of hydrogen-bond donors (Lipinski definition) is 1. The number of amides is 1. The molecule has 0 saturated carbocycles. The molecule has 0 fully saturated rings. The number of hydrogen-bond acceptors (Lipinski definition) is 3. The Bertz CT molecular complexity index is 784. The second-order valence-electron chi connectivity index (χ2n) is 6.36. The van der Waals surface area contributed by atoms with Crippen LogP contribution in [0.2, 0.25) is 10.0 Å². The zero-order valence-electron chi connectivity index (χ0n) is 14.0. The quantitative estimate of drug-likeness (QED) is 0.790. The molecule has 0 spiro atoms. The van der Waals surface area contributed by atoms with Crippen LogP contribution in [0.3, 0.4) is 0 Å². The molecule has 0 bridgehead atoms. The number of halogens is 2. The number of carbonyl (C=O) groups excluding carboxylic acids is 1. The van der Waals surface area contributed by atoms with Crippen molar-refractivity contribution in [1.82, 2.24) is 4.90 Å². The van der Waals surface area contributed by atoms with Gasteiger partial charge in [0.05, 0.1) is 22.2 Å². The predicted octanol–water partition coefficient (Wildman–Crippen LogP) is 4.59. The summed E-state index contributed by atoms with van der Waals surface area (Å²) in [6.07, 6.45) is 1.47. The van der Waals surface area contributed by atoms with E-state index in [4.69, 9.17) is 27.9 Å². The SMILES string of the molecule is CC(C)Oc1c(Cl)cc([C@@H]2c3ccc(O)cc3CCN2C=O)cc1Cl. The molecule has 0 aromatic heterocycles. The minimum absolute atomic E-state index is 0.0503. The summed E-state index contributed by atoms with van der Waals surface area (Å²) in [4.78, 5) is 13.3. The maximum absolute atomic E-state index is 11.6. The predicted molar refractivity (Wildman–Crippen MR) is 98.6 cm³/mol. The first-order valence-corrected chi connectivity index (χ1v) is 8.84. The summed E-state index contributed by atoms with van der Waals surface area (Å²) in [5.74, 6) is 0.662. The summed E-state index contributed by atoms with van der Waals surface area (Å²) in [6, 6.07) is 8.47. The lowest BCUT2D eigenvalue weighted by Crippen LogP contribution is -2.35. The second kappa shape index (κ2) is 7.14. The van der Waals surface area contributed by atoms with Crippen LogP contribution in [0.4, 0.5) is 0 Å². The van der Waals surface area contributed by atoms with Gasteiger partial charge in [0.25, 0.3) is 0 Å². The molecule has 1 atom stereocenters. The fourth-order valence-corrected chi connectivity index (χ4v) is 3.80. The molecule has 1 aliphatic heterocycles. The van der Waals surface area contributed by atoms with Crippen molar-refractivity contribution in [2.24, 2.45) is 0 Å². The lowest BCUT2D eigenvalue weighted by molar-refractivity contribution is -0.119. The standard InChI is InChI=1S/C19H19Cl2NO3/c1-11(2)25-19-16(20)8-13(9-17(19)21)18-15-4-3-14(24)7-12(15)5-6-22(18)10-23/h3-4,7-11,18,24H,5-6H2,1-2H3/t18-/m1/s1. The van der Waals surface area contributed by atoms with E-state index in [-0.39, 0.29) is 17.9 Å². The zero-order valence-corrected chi connectivity index (χ0v) is 15.5. The lowest BCUT2D eigenvalue weighted by Gasteiger charge is -2.35. The van der Waals surface area contributed by atoms with Crippen molar-refractivity contribution in [3.05, 3.63) is 57.1 Å². The molecule has 4 nitrogen and oxygen atoms in total. The number of carbonyl (C=O) groups is 1. The van der Waals surface area contributed by atoms with Crippen LogP contribution in [0.1, 0.15) is 36.6 Å². The van der Waals surface area contributed by atoms with Gasteiger partial charge in [-0.25, -0.2) is 0 Å². The summed E-state index contributed by atoms with van der Waals surface area (Å²) < 4.78 is 5.68. The van der Waals surface area contributed by atoms with Crippen molar-refractivity contribution >= 4 is 29.6 Å². The molecule has 0 radical (unpaired) electrons. The number of benzene rings is 2. The molecule has 0 saturated heterocycles. The first-order valence-electron chi connectivity index (χ1n) is 8.09. The normalized spacial score (nSPS) is 16.7. The van der Waals surface area contributed by atoms with E-state index < -0.39 is 0 Å². The molecule has 25 heavy (non-hydrogen) atoms. The van der Waals surface area contributed by atoms with Gasteiger partial charge in [0.1, 0.15) is 5.75 Å². The molecule has 1 aliphatic rings. The molecule has 0 unspecified atom stereocenters. The monoisotopic (exact) mass is 379 g/mol. The first kappa shape index (κ1) is 17.9. The van der Waals surface area contributed by atoms with Gasteiger partial charge in [0.2, 0.25) is 6.41 Å². The molecule has 132 valence electrons. The molecule has 2 aromatic rings. The number of fused-ring (bicyclic) bond motifs is 1. The first-order chi connectivity index (χ1) is 11.9. The molecule has 1 heterocycles. The van der Waals surface area contributed by atoms with Gasteiger partial charge in [0, 0.05) is 6.54 Å². The Morgan fingerprint density at radius 3 is 2.52 bits per heavy atom. The number of phenolic OH excluding ortho intramolecular Hbond substituents is 1. The Hall–Kier alpha value is -1.91. The van der Waals surface area contributed by atoms with Crippen LogP contribution < -0.4 is 4.74 Å². The molecule has 6 heteroatoms. The highest BCUT2D eigenvalue weighted by Crippen LogP contribution is 2.41. The van der Waals surface area contributed by atoms with Crippen LogP contribution >= 0.6 is 23.2 Å². The minimum atomic E-state index is -0.301. The third-order valence-corrected chi connectivity index (χ3v) is 4.78. The smallest absolute Gasteiger partial charge is 0.210 e. The average molecular weight is 380 g/mol. The van der Waals surface area contributed by atoms with E-state index >= 15 is 0 Å². The Morgan fingerprint density at radius 2 is 1.92 bits per heavy atom. The molecular formula is C19H19Cl2NO3. The van der Waals surface area contributed by atoms with Crippen LogP contribution in [0.15, 0.2) is 30.3 Å². The zero-order chi connectivity index (χ0) is 18.1. The third-order valence-electron chi connectivity index (χ3n) is 4.22. The molecule has 2 aromatic carbocycles. The fourth-order valence-electron chi connectivity index (χ4n) is 3.20. The van der Waals surface area contributed by atoms with Crippen LogP contribution in [-0.4, -0.2) is 29.1 Å². The van der Waals surface area contributed by atoms with Gasteiger partial charge in [-0.2, -0.15) is 0 Å². The minimum Gasteiger partial charge on any atom is -0.508 e. The van der Waals surface area contributed by atoms with Crippen molar-refractivity contribution in [2.45, 2.75) is 32.4 Å². The van der Waals surface area contributed by atoms with Crippen molar-refractivity contribution in [1.29, 1.82) is 0 Å². The number of phenols is 1. The van der Waals surface area contributed by atoms with Crippen LogP contribution in [-0.2, 0) is 11.2 Å². The van der Waals surface area contributed by atoms with E-state index in [9.17, 15) is 9.90 Å². The Balaban J connectivity index is 2.09. The van der Waals surface area contributed by atoms with E-state index in [0.717, 1.165) is 23.1 Å². The highest BCUT2D eigenvalue weighted by atomic mass is 35.5. The van der Waals surface area contributed by atoms with E-state index in [1.807, 2.05) is 19.9 Å². The fraction of sp³-hybridized carbons (Fsp3) is 0.316. The second-order valence-corrected chi connectivity index (χ2v) is 7.17. The lowest BCUT2D eigenvalue weighted by atomic mass is 9.88. The molecule has 0 aliphatic carbocycles. The van der Waals surface area contributed by atoms with E-state index in [2.05, 4.69) is 0 Å². The van der Waals surface area contributed by atoms with E-state index in [1.165, 1.54) is 0 Å². The molecule has 1 amide bonds. The number of nitrogens with zero attached hydrogens (tertiary/aromatic N) is 1. The summed E-state index contributed by atoms with van der Waals surface area (Å²) in [5, 5.41) is 10.6.